The van der Waals surface area contributed by atoms with E-state index in [0.717, 1.165) is 21.3 Å². The molecule has 1 aromatic rings. The van der Waals surface area contributed by atoms with Crippen LogP contribution in [0.15, 0.2) is 10.5 Å². The third-order valence-electron chi connectivity index (χ3n) is 4.09. The second kappa shape index (κ2) is 5.90. The summed E-state index contributed by atoms with van der Waals surface area (Å²) in [7, 11) is -1.91. The molecule has 0 atom stereocenters. The number of hydrogen-bond acceptors (Lipinski definition) is 3. The Balaban J connectivity index is 3.28. The van der Waals surface area contributed by atoms with Crippen molar-refractivity contribution in [2.45, 2.75) is 52.8 Å². The van der Waals surface area contributed by atoms with Gasteiger partial charge in [-0.3, -0.25) is 4.79 Å². The zero-order chi connectivity index (χ0) is 15.7. The van der Waals surface area contributed by atoms with E-state index in [0.29, 0.717) is 12.2 Å². The Morgan fingerprint density at radius 3 is 2.20 bits per heavy atom. The van der Waals surface area contributed by atoms with Crippen LogP contribution in [0.2, 0.25) is 18.1 Å². The molecule has 1 aromatic carbocycles. The molecule has 0 aliphatic heterocycles. The molecule has 20 heavy (non-hydrogen) atoms. The normalized spacial score (nSPS) is 12.2. The largest absolute Gasteiger partial charge is 0.543 e. The predicted octanol–water partition coefficient (Wildman–Crippen LogP) is 4.99. The Morgan fingerprint density at radius 2 is 1.75 bits per heavy atom. The van der Waals surface area contributed by atoms with E-state index in [-0.39, 0.29) is 5.04 Å². The zero-order valence-electron chi connectivity index (χ0n) is 13.3. The van der Waals surface area contributed by atoms with Gasteiger partial charge in [-0.25, -0.2) is 0 Å². The molecule has 5 heteroatoms. The van der Waals surface area contributed by atoms with E-state index >= 15 is 0 Å². The number of ether oxygens (including phenoxy) is 1. The van der Waals surface area contributed by atoms with Crippen molar-refractivity contribution in [3.8, 4) is 11.5 Å². The first-order chi connectivity index (χ1) is 9.01. The van der Waals surface area contributed by atoms with Crippen molar-refractivity contribution in [2.75, 3.05) is 0 Å². The van der Waals surface area contributed by atoms with E-state index in [9.17, 15) is 4.79 Å². The summed E-state index contributed by atoms with van der Waals surface area (Å²) in [5, 5.41) is 0.130. The zero-order valence-corrected chi connectivity index (χ0v) is 15.8. The molecule has 0 saturated carbocycles. The Bertz CT molecular complexity index is 519. The van der Waals surface area contributed by atoms with Crippen molar-refractivity contribution in [1.82, 2.24) is 0 Å². The number of carbonyl (C=O) groups is 1. The lowest BCUT2D eigenvalue weighted by Gasteiger charge is -2.37. The molecule has 0 aliphatic carbocycles. The highest BCUT2D eigenvalue weighted by molar-refractivity contribution is 9.10. The van der Waals surface area contributed by atoms with Gasteiger partial charge in [0.15, 0.2) is 0 Å². The summed E-state index contributed by atoms with van der Waals surface area (Å²) in [6.07, 6.45) is 0. The lowest BCUT2D eigenvalue weighted by molar-refractivity contribution is -0.120. The summed E-state index contributed by atoms with van der Waals surface area (Å²) in [5.74, 6) is 1.42. The van der Waals surface area contributed by atoms with Crippen molar-refractivity contribution in [3.05, 3.63) is 21.7 Å². The molecule has 0 bridgehead atoms. The number of rotatable bonds is 4. The lowest BCUT2D eigenvalue weighted by atomic mass is 10.1. The van der Waals surface area contributed by atoms with Crippen LogP contribution in [0.3, 0.4) is 0 Å². The molecule has 0 spiro atoms. The second-order valence-electron chi connectivity index (χ2n) is 6.51. The molecule has 112 valence electrons. The van der Waals surface area contributed by atoms with Crippen LogP contribution >= 0.6 is 15.9 Å². The second-order valence-corrected chi connectivity index (χ2v) is 12.1. The number of carbonyl (C=O) groups excluding carboxylic acids is 1. The summed E-state index contributed by atoms with van der Waals surface area (Å²) in [6.45, 7) is 15.4. The van der Waals surface area contributed by atoms with Crippen molar-refractivity contribution < 1.29 is 14.0 Å². The Hall–Kier alpha value is -0.813. The molecular weight excluding hydrogens is 336 g/mol. The molecule has 0 amide bonds. The lowest BCUT2D eigenvalue weighted by Crippen LogP contribution is -2.44. The van der Waals surface area contributed by atoms with Gasteiger partial charge in [0.1, 0.15) is 11.5 Å². The van der Waals surface area contributed by atoms with Crippen LogP contribution in [0, 0.1) is 13.8 Å². The average Bonchev–Trinajstić information content (AvgIpc) is 2.30. The number of halogens is 1. The third-order valence-corrected chi connectivity index (χ3v) is 9.00. The van der Waals surface area contributed by atoms with Gasteiger partial charge in [0.05, 0.1) is 4.47 Å². The van der Waals surface area contributed by atoms with E-state index in [1.165, 1.54) is 0 Å². The summed E-state index contributed by atoms with van der Waals surface area (Å²) in [4.78, 5) is 10.5. The topological polar surface area (TPSA) is 35.5 Å². The minimum absolute atomic E-state index is 0.130. The molecule has 3 nitrogen and oxygen atoms in total. The molecule has 0 radical (unpaired) electrons. The third kappa shape index (κ3) is 3.44. The van der Waals surface area contributed by atoms with Gasteiger partial charge >= 0.3 is 0 Å². The van der Waals surface area contributed by atoms with Gasteiger partial charge in [0, 0.05) is 0 Å². The minimum atomic E-state index is -1.91. The first-order valence-corrected chi connectivity index (χ1v) is 10.3. The standard InChI is InChI=1S/C15H23BrO3Si/c1-10-11(2)14(12(16)8-13(10)18-9-17)19-20(6,7)15(3,4)5/h8-9H,1-7H3. The fourth-order valence-corrected chi connectivity index (χ4v) is 3.35. The van der Waals surface area contributed by atoms with Crippen LogP contribution in [0.25, 0.3) is 0 Å². The molecule has 1 rings (SSSR count). The summed E-state index contributed by atoms with van der Waals surface area (Å²) >= 11 is 3.52. The van der Waals surface area contributed by atoms with E-state index < -0.39 is 8.32 Å². The maximum atomic E-state index is 10.5. The monoisotopic (exact) mass is 358 g/mol. The number of benzene rings is 1. The molecular formula is C15H23BrO3Si. The van der Waals surface area contributed by atoms with Crippen LogP contribution in [0.4, 0.5) is 0 Å². The predicted molar refractivity (Wildman–Crippen MR) is 88.1 cm³/mol. The van der Waals surface area contributed by atoms with Crippen molar-refractivity contribution in [3.63, 3.8) is 0 Å². The first kappa shape index (κ1) is 17.2. The average molecular weight is 359 g/mol. The highest BCUT2D eigenvalue weighted by Crippen LogP contribution is 2.43. The maximum absolute atomic E-state index is 10.5. The highest BCUT2D eigenvalue weighted by Gasteiger charge is 2.39. The van der Waals surface area contributed by atoms with Gasteiger partial charge < -0.3 is 9.16 Å². The highest BCUT2D eigenvalue weighted by atomic mass is 79.9. The Morgan fingerprint density at radius 1 is 1.20 bits per heavy atom. The van der Waals surface area contributed by atoms with Gasteiger partial charge in [-0.05, 0) is 65.1 Å². The van der Waals surface area contributed by atoms with Crippen LogP contribution in [0.5, 0.6) is 11.5 Å². The van der Waals surface area contributed by atoms with Crippen molar-refractivity contribution in [1.29, 1.82) is 0 Å². The molecule has 0 unspecified atom stereocenters. The van der Waals surface area contributed by atoms with Crippen LogP contribution < -0.4 is 9.16 Å². The molecule has 0 saturated heterocycles. The molecule has 0 N–H and O–H groups in total. The van der Waals surface area contributed by atoms with Gasteiger partial charge in [-0.15, -0.1) is 0 Å². The van der Waals surface area contributed by atoms with Gasteiger partial charge in [-0.2, -0.15) is 0 Å². The van der Waals surface area contributed by atoms with Crippen LogP contribution in [-0.4, -0.2) is 14.8 Å². The van der Waals surface area contributed by atoms with E-state index in [2.05, 4.69) is 49.8 Å². The molecule has 0 aliphatic rings. The SMILES string of the molecule is Cc1c(OC=O)cc(Br)c(O[Si](C)(C)C(C)(C)C)c1C. The van der Waals surface area contributed by atoms with Gasteiger partial charge in [0.2, 0.25) is 0 Å². The quantitative estimate of drug-likeness (QED) is 0.561. The summed E-state index contributed by atoms with van der Waals surface area (Å²) < 4.78 is 12.2. The van der Waals surface area contributed by atoms with Gasteiger partial charge in [-0.1, -0.05) is 20.8 Å². The fraction of sp³-hybridized carbons (Fsp3) is 0.533. The van der Waals surface area contributed by atoms with E-state index in [4.69, 9.17) is 9.16 Å². The minimum Gasteiger partial charge on any atom is -0.543 e. The van der Waals surface area contributed by atoms with Crippen molar-refractivity contribution >= 4 is 30.7 Å². The van der Waals surface area contributed by atoms with Crippen LogP contribution in [-0.2, 0) is 4.79 Å². The summed E-state index contributed by atoms with van der Waals surface area (Å²) in [6, 6.07) is 1.79. The molecule has 0 heterocycles. The first-order valence-electron chi connectivity index (χ1n) is 6.60. The maximum Gasteiger partial charge on any atom is 0.298 e. The number of hydrogen-bond donors (Lipinski definition) is 0. The molecule has 0 fully saturated rings. The fourth-order valence-electron chi connectivity index (χ4n) is 1.53. The van der Waals surface area contributed by atoms with Crippen molar-refractivity contribution in [2.24, 2.45) is 0 Å². The van der Waals surface area contributed by atoms with E-state index in [1.54, 1.807) is 6.07 Å². The van der Waals surface area contributed by atoms with Gasteiger partial charge in [0.25, 0.3) is 14.8 Å². The van der Waals surface area contributed by atoms with Crippen LogP contribution in [0.1, 0.15) is 31.9 Å². The Labute approximate surface area is 130 Å². The Kier molecular flexibility index (Phi) is 5.08. The smallest absolute Gasteiger partial charge is 0.298 e. The molecule has 0 aromatic heterocycles. The van der Waals surface area contributed by atoms with E-state index in [1.807, 2.05) is 13.8 Å². The summed E-state index contributed by atoms with van der Waals surface area (Å²) in [5.41, 5.74) is 1.93.